The number of pyridine rings is 1. The number of amides is 4. The highest BCUT2D eigenvalue weighted by atomic mass is 32.2. The number of H-pyrrole nitrogens is 1. The first kappa shape index (κ1) is 47.3. The summed E-state index contributed by atoms with van der Waals surface area (Å²) in [5, 5.41) is 4.33. The number of imidazole rings is 1. The average molecular weight is 911 g/mol. The van der Waals surface area contributed by atoms with Crippen LogP contribution in [0.3, 0.4) is 0 Å². The van der Waals surface area contributed by atoms with Crippen LogP contribution in [0.1, 0.15) is 70.2 Å². The Labute approximate surface area is 369 Å². The maximum absolute atomic E-state index is 13.8. The van der Waals surface area contributed by atoms with Crippen molar-refractivity contribution in [2.24, 2.45) is 11.3 Å². The second-order valence-corrected chi connectivity index (χ2v) is 19.8. The molecule has 0 saturated carbocycles. The van der Waals surface area contributed by atoms with E-state index in [0.717, 1.165) is 12.3 Å². The number of carbonyl (C=O) groups is 4. The van der Waals surface area contributed by atoms with Gasteiger partial charge in [-0.3, -0.25) is 14.4 Å². The first-order valence-corrected chi connectivity index (χ1v) is 22.6. The zero-order chi connectivity index (χ0) is 46.9. The number of rotatable bonds is 11. The van der Waals surface area contributed by atoms with Gasteiger partial charge >= 0.3 is 12.5 Å². The van der Waals surface area contributed by atoms with Crippen molar-refractivity contribution >= 4 is 45.2 Å². The number of anilines is 2. The number of carbonyl (C=O) groups excluding carboxylic acids is 4. The molecule has 4 atom stereocenters. The Morgan fingerprint density at radius 3 is 2.22 bits per heavy atom. The lowest BCUT2D eigenvalue weighted by Gasteiger charge is -2.42. The van der Waals surface area contributed by atoms with Gasteiger partial charge in [-0.2, -0.15) is 0 Å². The van der Waals surface area contributed by atoms with Crippen LogP contribution in [-0.2, 0) is 24.2 Å². The first-order valence-electron chi connectivity index (χ1n) is 20.7. The average Bonchev–Trinajstić information content (AvgIpc) is 3.91. The maximum Gasteiger partial charge on any atom is 0.573 e. The van der Waals surface area contributed by atoms with Crippen LogP contribution in [0, 0.1) is 11.3 Å². The Balaban J connectivity index is 1.17. The second-order valence-electron chi connectivity index (χ2n) is 17.5. The Bertz CT molecular complexity index is 2470. The predicted octanol–water partition coefficient (Wildman–Crippen LogP) is 6.44. The Kier molecular flexibility index (Phi) is 13.7. The molecular formula is C44H53F3N8O8S. The minimum absolute atomic E-state index is 0.0128. The van der Waals surface area contributed by atoms with Crippen LogP contribution in [0.15, 0.2) is 67.0 Å². The summed E-state index contributed by atoms with van der Waals surface area (Å²) in [6, 6.07) is 11.7. The van der Waals surface area contributed by atoms with E-state index in [2.05, 4.69) is 35.2 Å². The maximum atomic E-state index is 13.8. The Morgan fingerprint density at radius 2 is 1.64 bits per heavy atom. The normalized spacial score (nSPS) is 18.8. The number of ether oxygens (including phenoxy) is 2. The molecule has 2 aliphatic heterocycles. The van der Waals surface area contributed by atoms with Crippen molar-refractivity contribution in [1.82, 2.24) is 30.1 Å². The highest BCUT2D eigenvalue weighted by molar-refractivity contribution is 7.91. The number of sulfone groups is 1. The van der Waals surface area contributed by atoms with Gasteiger partial charge in [0.15, 0.2) is 9.84 Å². The molecule has 4 amide bonds. The number of alkyl halides is 3. The van der Waals surface area contributed by atoms with E-state index in [1.165, 1.54) is 30.3 Å². The monoisotopic (exact) mass is 910 g/mol. The van der Waals surface area contributed by atoms with Crippen LogP contribution in [0.2, 0.25) is 0 Å². The van der Waals surface area contributed by atoms with Gasteiger partial charge in [0.2, 0.25) is 11.8 Å². The number of benzene rings is 2. The van der Waals surface area contributed by atoms with Gasteiger partial charge in [0.1, 0.15) is 23.4 Å². The molecule has 64 heavy (non-hydrogen) atoms. The van der Waals surface area contributed by atoms with E-state index in [0.29, 0.717) is 53.8 Å². The number of likely N-dealkylation sites (tertiary alicyclic amines) is 1. The molecule has 20 heteroatoms. The standard InChI is InChI=1S/C44H53F3N8O8S/c1-25(2)37(52-42(59)62-7)40(57)55-24-31(64(8,60)61)20-34(55)38-49-22-33(51-38)28-11-9-27(10-12-28)32-15-13-29(19-35(32)63-44(45,46)47)39(56)50-30-14-16-36(48-21-30)54-18-17-53(23-26(54)3)41(58)43(4,5)6/h9-16,19,21-22,25-26,31,34,37H,17-18,20,23-24H2,1-8H3,(H,49,51)(H,50,56)(H,52,59)/t26-,31+,34+,37?/m1/s1. The van der Waals surface area contributed by atoms with Gasteiger partial charge in [-0.05, 0) is 55.2 Å². The molecule has 4 heterocycles. The van der Waals surface area contributed by atoms with Gasteiger partial charge in [0.05, 0.1) is 36.0 Å². The van der Waals surface area contributed by atoms with E-state index < -0.39 is 62.6 Å². The number of hydrogen-bond donors (Lipinski definition) is 3. The zero-order valence-electron chi connectivity index (χ0n) is 36.8. The summed E-state index contributed by atoms with van der Waals surface area (Å²) in [5.41, 5.74) is 1.09. The molecule has 2 aromatic carbocycles. The number of nitrogens with zero attached hydrogens (tertiary/aromatic N) is 5. The predicted molar refractivity (Wildman–Crippen MR) is 233 cm³/mol. The third-order valence-corrected chi connectivity index (χ3v) is 12.8. The van der Waals surface area contributed by atoms with Gasteiger partial charge in [0, 0.05) is 66.8 Å². The van der Waals surface area contributed by atoms with E-state index in [9.17, 15) is 40.8 Å². The Morgan fingerprint density at radius 1 is 0.953 bits per heavy atom. The third-order valence-electron chi connectivity index (χ3n) is 11.3. The fourth-order valence-corrected chi connectivity index (χ4v) is 8.83. The number of methoxy groups -OCH3 is 1. The molecule has 344 valence electrons. The van der Waals surface area contributed by atoms with Crippen molar-refractivity contribution in [3.63, 3.8) is 0 Å². The molecule has 4 aromatic rings. The number of alkyl carbamates (subject to hydrolysis) is 1. The minimum atomic E-state index is -5.08. The van der Waals surface area contributed by atoms with Gasteiger partial charge in [-0.15, -0.1) is 13.2 Å². The van der Waals surface area contributed by atoms with Gasteiger partial charge in [0.25, 0.3) is 5.91 Å². The summed E-state index contributed by atoms with van der Waals surface area (Å²) in [7, 11) is -2.40. The van der Waals surface area contributed by atoms with E-state index >= 15 is 0 Å². The quantitative estimate of drug-likeness (QED) is 0.150. The summed E-state index contributed by atoms with van der Waals surface area (Å²) in [5.74, 6) is -1.12. The largest absolute Gasteiger partial charge is 0.573 e. The van der Waals surface area contributed by atoms with Crippen molar-refractivity contribution in [1.29, 1.82) is 0 Å². The zero-order valence-corrected chi connectivity index (χ0v) is 37.6. The lowest BCUT2D eigenvalue weighted by Crippen LogP contribution is -2.56. The van der Waals surface area contributed by atoms with Gasteiger partial charge in [-0.25, -0.2) is 23.2 Å². The Hall–Kier alpha value is -6.18. The summed E-state index contributed by atoms with van der Waals surface area (Å²) >= 11 is 0. The van der Waals surface area contributed by atoms with Crippen LogP contribution >= 0.6 is 0 Å². The second kappa shape index (κ2) is 18.5. The summed E-state index contributed by atoms with van der Waals surface area (Å²) in [6.07, 6.45) is -1.71. The number of hydrogen-bond acceptors (Lipinski definition) is 11. The molecule has 0 radical (unpaired) electrons. The summed E-state index contributed by atoms with van der Waals surface area (Å²) in [4.78, 5) is 69.6. The molecular weight excluding hydrogens is 858 g/mol. The molecule has 16 nitrogen and oxygen atoms in total. The summed E-state index contributed by atoms with van der Waals surface area (Å²) < 4.78 is 75.6. The lowest BCUT2D eigenvalue weighted by molar-refractivity contribution is -0.274. The molecule has 6 rings (SSSR count). The van der Waals surface area contributed by atoms with E-state index in [4.69, 9.17) is 4.74 Å². The lowest BCUT2D eigenvalue weighted by atomic mass is 9.94. The van der Waals surface area contributed by atoms with Crippen LogP contribution < -0.4 is 20.3 Å². The highest BCUT2D eigenvalue weighted by Crippen LogP contribution is 2.38. The number of aromatic nitrogens is 3. The van der Waals surface area contributed by atoms with Gasteiger partial charge in [-0.1, -0.05) is 58.9 Å². The molecule has 1 unspecified atom stereocenters. The molecule has 2 fully saturated rings. The molecule has 2 aromatic heterocycles. The van der Waals surface area contributed by atoms with Crippen molar-refractivity contribution in [3.8, 4) is 28.1 Å². The number of nitrogens with one attached hydrogen (secondary N) is 3. The third kappa shape index (κ3) is 10.9. The molecule has 3 N–H and O–H groups in total. The highest BCUT2D eigenvalue weighted by Gasteiger charge is 2.45. The molecule has 2 aliphatic rings. The molecule has 0 spiro atoms. The fraction of sp³-hybridized carbons (Fsp3) is 0.455. The SMILES string of the molecule is COC(=O)NC(C(=O)N1C[C@@H](S(C)(=O)=O)C[C@H]1c1nc(-c2ccc(-c3ccc(C(=O)Nc4ccc(N5CCN(C(=O)C(C)(C)C)C[C@H]5C)nc4)cc3OC(F)(F)F)cc2)c[nH]1)C(C)C. The van der Waals surface area contributed by atoms with Crippen LogP contribution in [-0.4, -0.2) is 120 Å². The number of piperazine rings is 1. The van der Waals surface area contributed by atoms with Crippen LogP contribution in [0.5, 0.6) is 5.75 Å². The first-order chi connectivity index (χ1) is 29.9. The smallest absolute Gasteiger partial charge is 0.453 e. The topological polar surface area (TPSA) is 196 Å². The summed E-state index contributed by atoms with van der Waals surface area (Å²) in [6.45, 7) is 12.7. The number of aromatic amines is 1. The van der Waals surface area contributed by atoms with Crippen molar-refractivity contribution in [2.45, 2.75) is 77.7 Å². The minimum Gasteiger partial charge on any atom is -0.453 e. The molecule has 2 saturated heterocycles. The van der Waals surface area contributed by atoms with E-state index in [1.54, 1.807) is 56.4 Å². The van der Waals surface area contributed by atoms with E-state index in [-0.39, 0.29) is 42.0 Å². The van der Waals surface area contributed by atoms with Gasteiger partial charge < -0.3 is 39.8 Å². The fourth-order valence-electron chi connectivity index (χ4n) is 7.87. The van der Waals surface area contributed by atoms with Crippen molar-refractivity contribution in [3.05, 3.63) is 78.4 Å². The molecule has 0 bridgehead atoms. The van der Waals surface area contributed by atoms with Crippen LogP contribution in [0.4, 0.5) is 29.5 Å². The van der Waals surface area contributed by atoms with E-state index in [1.807, 2.05) is 32.6 Å². The molecule has 0 aliphatic carbocycles. The van der Waals surface area contributed by atoms with Crippen molar-refractivity contribution in [2.75, 3.05) is 49.8 Å². The van der Waals surface area contributed by atoms with Crippen LogP contribution in [0.25, 0.3) is 22.4 Å². The number of halogens is 3. The van der Waals surface area contributed by atoms with Crippen molar-refractivity contribution < 1.29 is 50.2 Å².